The van der Waals surface area contributed by atoms with Gasteiger partial charge in [-0.1, -0.05) is 12.1 Å². The summed E-state index contributed by atoms with van der Waals surface area (Å²) in [5, 5.41) is 56.6. The highest BCUT2D eigenvalue weighted by Crippen LogP contribution is 2.27. The Bertz CT molecular complexity index is 1540. The van der Waals surface area contributed by atoms with Crippen LogP contribution in [0.1, 0.15) is 34.9 Å². The van der Waals surface area contributed by atoms with Crippen molar-refractivity contribution in [2.24, 2.45) is 0 Å². The average Bonchev–Trinajstić information content (AvgIpc) is 3.04. The number of ether oxygens (including phenoxy) is 1. The lowest BCUT2D eigenvalue weighted by atomic mass is 10.0. The van der Waals surface area contributed by atoms with Crippen molar-refractivity contribution in [2.45, 2.75) is 25.0 Å². The highest BCUT2D eigenvalue weighted by Gasteiger charge is 2.23. The molecule has 4 rings (SSSR count). The molecule has 1 amide bonds. The number of β-amino-alcohol motifs (C(OH)–C–C–N with tert-alkyl or cyclic N) is 1. The second-order valence-electron chi connectivity index (χ2n) is 9.87. The van der Waals surface area contributed by atoms with Gasteiger partial charge in [-0.05, 0) is 67.9 Å². The van der Waals surface area contributed by atoms with E-state index in [-0.39, 0.29) is 29.7 Å². The number of fused-ring (bicyclic) bond motifs is 1. The van der Waals surface area contributed by atoms with E-state index in [2.05, 4.69) is 20.5 Å². The summed E-state index contributed by atoms with van der Waals surface area (Å²) in [4.78, 5) is 66.6. The topological polar surface area (TPSA) is 273 Å². The molecule has 252 valence electrons. The Morgan fingerprint density at radius 2 is 1.49 bits per heavy atom. The Labute approximate surface area is 267 Å². The van der Waals surface area contributed by atoms with Crippen LogP contribution in [0.3, 0.4) is 0 Å². The maximum Gasteiger partial charge on any atom is 0.414 e. The van der Waals surface area contributed by atoms with Gasteiger partial charge in [-0.2, -0.15) is 0 Å². The van der Waals surface area contributed by atoms with Crippen molar-refractivity contribution in [2.75, 3.05) is 38.6 Å². The van der Waals surface area contributed by atoms with Gasteiger partial charge < -0.3 is 50.9 Å². The number of para-hydroxylation sites is 1. The average molecular weight is 659 g/mol. The van der Waals surface area contributed by atoms with Crippen molar-refractivity contribution in [1.29, 1.82) is 0 Å². The Morgan fingerprint density at radius 3 is 2.04 bits per heavy atom. The van der Waals surface area contributed by atoms with Gasteiger partial charge in [-0.3, -0.25) is 9.78 Å². The Morgan fingerprint density at radius 1 is 0.894 bits per heavy atom. The normalized spacial score (nSPS) is 13.5. The molecule has 1 atom stereocenters. The molecule has 1 aliphatic rings. The zero-order valence-electron chi connectivity index (χ0n) is 25.0. The molecule has 0 saturated carbocycles. The van der Waals surface area contributed by atoms with Gasteiger partial charge in [0.1, 0.15) is 5.75 Å². The summed E-state index contributed by atoms with van der Waals surface area (Å²) in [5.74, 6) is -7.94. The molecule has 8 N–H and O–H groups in total. The molecule has 17 heteroatoms. The molecule has 3 aromatic rings. The number of piperidine rings is 1. The molecule has 0 aliphatic carbocycles. The number of hydrogen-bond donors (Lipinski definition) is 8. The highest BCUT2D eigenvalue weighted by atomic mass is 16.5. The number of aromatic carboxylic acids is 1. The third-order valence-corrected chi connectivity index (χ3v) is 6.71. The molecule has 0 bridgehead atoms. The molecule has 1 aliphatic heterocycles. The van der Waals surface area contributed by atoms with Crippen LogP contribution in [0, 0.1) is 0 Å². The summed E-state index contributed by atoms with van der Waals surface area (Å²) in [5.41, 5.74) is 1.99. The van der Waals surface area contributed by atoms with Crippen LogP contribution in [0.2, 0.25) is 0 Å². The van der Waals surface area contributed by atoms with Crippen molar-refractivity contribution in [3.8, 4) is 5.75 Å². The Hall–Kier alpha value is -5.65. The maximum atomic E-state index is 12.3. The van der Waals surface area contributed by atoms with Crippen molar-refractivity contribution >= 4 is 52.3 Å². The molecule has 47 heavy (non-hydrogen) atoms. The summed E-state index contributed by atoms with van der Waals surface area (Å²) in [6.07, 6.45) is 2.74. The second-order valence-corrected chi connectivity index (χ2v) is 9.87. The fourth-order valence-electron chi connectivity index (χ4n) is 4.44. The van der Waals surface area contributed by atoms with Gasteiger partial charge in [-0.15, -0.1) is 0 Å². The molecule has 1 aromatic heterocycles. The number of aliphatic hydroxyl groups excluding tert-OH is 1. The summed E-state index contributed by atoms with van der Waals surface area (Å²) in [7, 11) is 1.62. The predicted molar refractivity (Wildman–Crippen MR) is 163 cm³/mol. The Balaban J connectivity index is 0.000000546. The molecular weight excluding hydrogens is 624 g/mol. The van der Waals surface area contributed by atoms with Crippen LogP contribution in [0.15, 0.2) is 54.7 Å². The van der Waals surface area contributed by atoms with Crippen LogP contribution in [0.5, 0.6) is 5.75 Å². The molecule has 0 spiro atoms. The van der Waals surface area contributed by atoms with E-state index in [1.165, 1.54) is 6.07 Å². The van der Waals surface area contributed by atoms with Crippen molar-refractivity contribution in [3.63, 3.8) is 0 Å². The van der Waals surface area contributed by atoms with Gasteiger partial charge in [0, 0.05) is 24.2 Å². The number of nitrogens with zero attached hydrogens (tertiary/aromatic N) is 2. The monoisotopic (exact) mass is 658 g/mol. The number of carboxylic acids is 5. The standard InChI is InChI=1S/C26H30N4O5.2C2H2O4/c1-35-18-6-7-22-21(14-18)19(8-11-27-22)24(31)16-30-12-9-17(10-13-30)28-15-25(32)29-23-5-3-2-4-20(23)26(33)34;2*3-1(4)2(5)6/h2-8,11,14,17,24,28,31H,9-10,12-13,15-16H2,1H3,(H,29,32)(H,33,34);2*(H,3,4)(H,5,6)/t24-;;/m0../s1. The van der Waals surface area contributed by atoms with Crippen LogP contribution in [0.25, 0.3) is 10.9 Å². The van der Waals surface area contributed by atoms with E-state index in [0.717, 1.165) is 48.1 Å². The summed E-state index contributed by atoms with van der Waals surface area (Å²) < 4.78 is 5.33. The van der Waals surface area contributed by atoms with Crippen molar-refractivity contribution in [3.05, 3.63) is 65.9 Å². The summed E-state index contributed by atoms with van der Waals surface area (Å²) in [6.45, 7) is 2.21. The number of likely N-dealkylation sites (tertiary alicyclic amines) is 1. The number of anilines is 1. The van der Waals surface area contributed by atoms with Gasteiger partial charge in [0.25, 0.3) is 0 Å². The number of nitrogens with one attached hydrogen (secondary N) is 2. The third kappa shape index (κ3) is 12.3. The quantitative estimate of drug-likeness (QED) is 0.149. The van der Waals surface area contributed by atoms with E-state index in [9.17, 15) is 19.8 Å². The second kappa shape index (κ2) is 18.4. The molecule has 0 radical (unpaired) electrons. The lowest BCUT2D eigenvalue weighted by Crippen LogP contribution is -2.45. The molecule has 1 saturated heterocycles. The smallest absolute Gasteiger partial charge is 0.414 e. The number of carboxylic acid groups (broad SMARTS) is 5. The first-order valence-corrected chi connectivity index (χ1v) is 13.8. The van der Waals surface area contributed by atoms with Crippen LogP contribution in [0.4, 0.5) is 5.69 Å². The number of benzene rings is 2. The Kier molecular flexibility index (Phi) is 14.7. The van der Waals surface area contributed by atoms with Gasteiger partial charge in [0.2, 0.25) is 5.91 Å². The fraction of sp³-hybridized carbons (Fsp3) is 0.300. The minimum Gasteiger partial charge on any atom is -0.497 e. The zero-order valence-corrected chi connectivity index (χ0v) is 25.0. The van der Waals surface area contributed by atoms with E-state index in [1.54, 1.807) is 31.5 Å². The molecule has 2 heterocycles. The number of carbonyl (C=O) groups is 6. The molecular formula is C30H34N4O13. The van der Waals surface area contributed by atoms with E-state index in [4.69, 9.17) is 44.3 Å². The van der Waals surface area contributed by atoms with E-state index >= 15 is 0 Å². The minimum atomic E-state index is -1.82. The lowest BCUT2D eigenvalue weighted by Gasteiger charge is -2.33. The summed E-state index contributed by atoms with van der Waals surface area (Å²) in [6, 6.07) is 14.0. The number of hydrogen-bond acceptors (Lipinski definition) is 11. The molecule has 1 fully saturated rings. The largest absolute Gasteiger partial charge is 0.497 e. The van der Waals surface area contributed by atoms with Crippen LogP contribution in [-0.4, -0.2) is 116 Å². The summed E-state index contributed by atoms with van der Waals surface area (Å²) >= 11 is 0. The number of methoxy groups -OCH3 is 1. The van der Waals surface area contributed by atoms with Gasteiger partial charge in [0.05, 0.1) is 36.5 Å². The van der Waals surface area contributed by atoms with Crippen molar-refractivity contribution < 1.29 is 64.1 Å². The number of amides is 1. The molecule has 2 aromatic carbocycles. The first kappa shape index (κ1) is 37.5. The van der Waals surface area contributed by atoms with Crippen LogP contribution >= 0.6 is 0 Å². The fourth-order valence-corrected chi connectivity index (χ4v) is 4.44. The van der Waals surface area contributed by atoms with E-state index in [0.29, 0.717) is 6.54 Å². The number of rotatable bonds is 9. The van der Waals surface area contributed by atoms with Gasteiger partial charge in [-0.25, -0.2) is 24.0 Å². The predicted octanol–water partition coefficient (Wildman–Crippen LogP) is 0.979. The highest BCUT2D eigenvalue weighted by molar-refractivity contribution is 6.27. The van der Waals surface area contributed by atoms with Crippen molar-refractivity contribution in [1.82, 2.24) is 15.2 Å². The number of aliphatic carboxylic acids is 4. The first-order chi connectivity index (χ1) is 22.2. The minimum absolute atomic E-state index is 0.0631. The van der Waals surface area contributed by atoms with Crippen LogP contribution in [-0.2, 0) is 24.0 Å². The third-order valence-electron chi connectivity index (χ3n) is 6.71. The number of pyridine rings is 1. The molecule has 0 unspecified atom stereocenters. The lowest BCUT2D eigenvalue weighted by molar-refractivity contribution is -0.159. The van der Waals surface area contributed by atoms with Gasteiger partial charge >= 0.3 is 29.8 Å². The number of aromatic nitrogens is 1. The van der Waals surface area contributed by atoms with Crippen LogP contribution < -0.4 is 15.4 Å². The van der Waals surface area contributed by atoms with Gasteiger partial charge in [0.15, 0.2) is 0 Å². The maximum absolute atomic E-state index is 12.3. The number of aliphatic hydroxyl groups is 1. The zero-order chi connectivity index (χ0) is 35.1. The number of carbonyl (C=O) groups excluding carboxylic acids is 1. The van der Waals surface area contributed by atoms with E-state index in [1.807, 2.05) is 24.3 Å². The molecule has 17 nitrogen and oxygen atoms in total. The SMILES string of the molecule is COc1ccc2nccc([C@@H](O)CN3CCC(NCC(=O)Nc4ccccc4C(=O)O)CC3)c2c1.O=C(O)C(=O)O.O=C(O)C(=O)O. The first-order valence-electron chi connectivity index (χ1n) is 13.8. The van der Waals surface area contributed by atoms with E-state index < -0.39 is 36.0 Å².